The molecule has 0 aliphatic carbocycles. The minimum absolute atomic E-state index is 0.0769. The Kier molecular flexibility index (Phi) is 6.70. The zero-order chi connectivity index (χ0) is 18.2. The molecule has 9 heteroatoms. The molecular formula is C16H23N5O4. The summed E-state index contributed by atoms with van der Waals surface area (Å²) in [6.45, 7) is 2.86. The number of amides is 3. The molecule has 136 valence electrons. The van der Waals surface area contributed by atoms with Gasteiger partial charge in [0.1, 0.15) is 0 Å². The maximum atomic E-state index is 11.8. The number of nitrogens with two attached hydrogens (primary N) is 1. The third kappa shape index (κ3) is 6.03. The standard InChI is InChI=1S/C16H23N5O4/c17-15(22)12-4-2-8-20(11-12)9-3-7-18-16(23)19-13-5-1-6-14(10-13)21(24)25/h1,5-6,10,12H,2-4,7-9,11H2,(H2,17,22)(H2,18,19,23)/t12-/m1/s1. The number of non-ortho nitro benzene ring substituents is 1. The summed E-state index contributed by atoms with van der Waals surface area (Å²) >= 11 is 0. The molecule has 4 N–H and O–H groups in total. The van der Waals surface area contributed by atoms with Gasteiger partial charge in [-0.3, -0.25) is 14.9 Å². The molecule has 0 radical (unpaired) electrons. The highest BCUT2D eigenvalue weighted by atomic mass is 16.6. The lowest BCUT2D eigenvalue weighted by Crippen LogP contribution is -2.42. The molecular weight excluding hydrogens is 326 g/mol. The van der Waals surface area contributed by atoms with E-state index in [-0.39, 0.29) is 17.5 Å². The number of piperidine rings is 1. The average molecular weight is 349 g/mol. The van der Waals surface area contributed by atoms with E-state index in [1.807, 2.05) is 0 Å². The molecule has 2 rings (SSSR count). The first-order valence-corrected chi connectivity index (χ1v) is 8.26. The maximum absolute atomic E-state index is 11.8. The molecule has 1 aromatic carbocycles. The SMILES string of the molecule is NC(=O)[C@@H]1CCCN(CCCNC(=O)Nc2cccc([N+](=O)[O-])c2)C1. The molecule has 0 saturated carbocycles. The number of hydrogen-bond donors (Lipinski definition) is 3. The van der Waals surface area contributed by atoms with Gasteiger partial charge in [0, 0.05) is 30.9 Å². The summed E-state index contributed by atoms with van der Waals surface area (Å²) in [4.78, 5) is 35.4. The van der Waals surface area contributed by atoms with Gasteiger partial charge in [-0.15, -0.1) is 0 Å². The van der Waals surface area contributed by atoms with Gasteiger partial charge < -0.3 is 21.3 Å². The third-order valence-corrected chi connectivity index (χ3v) is 4.16. The van der Waals surface area contributed by atoms with Crippen molar-refractivity contribution in [2.75, 3.05) is 31.5 Å². The van der Waals surface area contributed by atoms with E-state index in [1.54, 1.807) is 6.07 Å². The van der Waals surface area contributed by atoms with Gasteiger partial charge in [0.2, 0.25) is 5.91 Å². The van der Waals surface area contributed by atoms with Gasteiger partial charge in [0.15, 0.2) is 0 Å². The molecule has 0 bridgehead atoms. The van der Waals surface area contributed by atoms with Crippen LogP contribution >= 0.6 is 0 Å². The van der Waals surface area contributed by atoms with Crippen molar-refractivity contribution in [1.29, 1.82) is 0 Å². The van der Waals surface area contributed by atoms with Crippen molar-refractivity contribution >= 4 is 23.3 Å². The normalized spacial score (nSPS) is 17.7. The first kappa shape index (κ1) is 18.7. The number of nitro groups is 1. The van der Waals surface area contributed by atoms with Crippen molar-refractivity contribution in [1.82, 2.24) is 10.2 Å². The van der Waals surface area contributed by atoms with E-state index in [0.717, 1.165) is 32.4 Å². The molecule has 3 amide bonds. The summed E-state index contributed by atoms with van der Waals surface area (Å²) in [5.41, 5.74) is 5.64. The van der Waals surface area contributed by atoms with Crippen molar-refractivity contribution in [2.24, 2.45) is 11.7 Å². The molecule has 1 fully saturated rings. The van der Waals surface area contributed by atoms with Crippen molar-refractivity contribution in [3.63, 3.8) is 0 Å². The van der Waals surface area contributed by atoms with E-state index in [0.29, 0.717) is 18.8 Å². The smallest absolute Gasteiger partial charge is 0.319 e. The van der Waals surface area contributed by atoms with E-state index in [1.165, 1.54) is 18.2 Å². The van der Waals surface area contributed by atoms with E-state index < -0.39 is 11.0 Å². The highest BCUT2D eigenvalue weighted by Crippen LogP contribution is 2.17. The summed E-state index contributed by atoms with van der Waals surface area (Å²) in [5, 5.41) is 16.0. The van der Waals surface area contributed by atoms with Gasteiger partial charge in [-0.1, -0.05) is 6.07 Å². The maximum Gasteiger partial charge on any atom is 0.319 e. The Hall–Kier alpha value is -2.68. The number of likely N-dealkylation sites (tertiary alicyclic amines) is 1. The highest BCUT2D eigenvalue weighted by Gasteiger charge is 2.23. The number of carbonyl (C=O) groups is 2. The number of primary amides is 1. The summed E-state index contributed by atoms with van der Waals surface area (Å²) in [7, 11) is 0. The van der Waals surface area contributed by atoms with Crippen LogP contribution in [0.1, 0.15) is 19.3 Å². The van der Waals surface area contributed by atoms with Crippen LogP contribution in [0.5, 0.6) is 0 Å². The number of hydrogen-bond acceptors (Lipinski definition) is 5. The minimum Gasteiger partial charge on any atom is -0.369 e. The molecule has 0 unspecified atom stereocenters. The van der Waals surface area contributed by atoms with Crippen molar-refractivity contribution in [2.45, 2.75) is 19.3 Å². The minimum atomic E-state index is -0.513. The Morgan fingerprint density at radius 3 is 2.92 bits per heavy atom. The lowest BCUT2D eigenvalue weighted by molar-refractivity contribution is -0.384. The molecule has 1 aromatic rings. The lowest BCUT2D eigenvalue weighted by atomic mass is 9.97. The molecule has 0 aromatic heterocycles. The Morgan fingerprint density at radius 2 is 2.20 bits per heavy atom. The van der Waals surface area contributed by atoms with Crippen LogP contribution in [-0.4, -0.2) is 47.9 Å². The fraction of sp³-hybridized carbons (Fsp3) is 0.500. The van der Waals surface area contributed by atoms with E-state index in [2.05, 4.69) is 15.5 Å². The molecule has 25 heavy (non-hydrogen) atoms. The van der Waals surface area contributed by atoms with Crippen LogP contribution in [0.3, 0.4) is 0 Å². The second-order valence-corrected chi connectivity index (χ2v) is 6.08. The Labute approximate surface area is 145 Å². The second kappa shape index (κ2) is 8.97. The van der Waals surface area contributed by atoms with Gasteiger partial charge in [-0.2, -0.15) is 0 Å². The van der Waals surface area contributed by atoms with Gasteiger partial charge in [-0.25, -0.2) is 4.79 Å². The summed E-state index contributed by atoms with van der Waals surface area (Å²) in [6, 6.07) is 5.36. The quantitative estimate of drug-likeness (QED) is 0.388. The Morgan fingerprint density at radius 1 is 1.40 bits per heavy atom. The van der Waals surface area contributed by atoms with Crippen molar-refractivity contribution < 1.29 is 14.5 Å². The number of anilines is 1. The topological polar surface area (TPSA) is 131 Å². The number of nitrogens with one attached hydrogen (secondary N) is 2. The number of rotatable bonds is 7. The van der Waals surface area contributed by atoms with E-state index in [4.69, 9.17) is 5.73 Å². The first-order chi connectivity index (χ1) is 12.0. The molecule has 1 atom stereocenters. The zero-order valence-corrected chi connectivity index (χ0v) is 13.9. The largest absolute Gasteiger partial charge is 0.369 e. The fourth-order valence-corrected chi connectivity index (χ4v) is 2.87. The summed E-state index contributed by atoms with van der Waals surface area (Å²) in [5.74, 6) is -0.335. The Bertz CT molecular complexity index is 637. The lowest BCUT2D eigenvalue weighted by Gasteiger charge is -2.31. The third-order valence-electron chi connectivity index (χ3n) is 4.16. The number of nitrogens with zero attached hydrogens (tertiary/aromatic N) is 2. The van der Waals surface area contributed by atoms with Gasteiger partial charge in [-0.05, 0) is 38.4 Å². The summed E-state index contributed by atoms with van der Waals surface area (Å²) in [6.07, 6.45) is 2.54. The van der Waals surface area contributed by atoms with Crippen LogP contribution in [0.15, 0.2) is 24.3 Å². The van der Waals surface area contributed by atoms with Crippen LogP contribution in [0, 0.1) is 16.0 Å². The molecule has 1 heterocycles. The molecule has 1 aliphatic heterocycles. The van der Waals surface area contributed by atoms with E-state index >= 15 is 0 Å². The van der Waals surface area contributed by atoms with Crippen LogP contribution in [0.2, 0.25) is 0 Å². The zero-order valence-electron chi connectivity index (χ0n) is 13.9. The van der Waals surface area contributed by atoms with Crippen LogP contribution < -0.4 is 16.4 Å². The fourth-order valence-electron chi connectivity index (χ4n) is 2.87. The predicted octanol–water partition coefficient (Wildman–Crippen LogP) is 1.30. The molecule has 1 aliphatic rings. The first-order valence-electron chi connectivity index (χ1n) is 8.26. The van der Waals surface area contributed by atoms with Crippen LogP contribution in [-0.2, 0) is 4.79 Å². The predicted molar refractivity (Wildman–Crippen MR) is 93.1 cm³/mol. The van der Waals surface area contributed by atoms with Crippen molar-refractivity contribution in [3.8, 4) is 0 Å². The second-order valence-electron chi connectivity index (χ2n) is 6.08. The monoisotopic (exact) mass is 349 g/mol. The van der Waals surface area contributed by atoms with Crippen LogP contribution in [0.4, 0.5) is 16.2 Å². The number of carbonyl (C=O) groups excluding carboxylic acids is 2. The molecule has 1 saturated heterocycles. The van der Waals surface area contributed by atoms with Crippen LogP contribution in [0.25, 0.3) is 0 Å². The number of urea groups is 1. The average Bonchev–Trinajstić information content (AvgIpc) is 2.59. The van der Waals surface area contributed by atoms with E-state index in [9.17, 15) is 19.7 Å². The van der Waals surface area contributed by atoms with Gasteiger partial charge >= 0.3 is 6.03 Å². The molecule has 0 spiro atoms. The molecule has 9 nitrogen and oxygen atoms in total. The number of benzene rings is 1. The summed E-state index contributed by atoms with van der Waals surface area (Å²) < 4.78 is 0. The number of nitro benzene ring substituents is 1. The highest BCUT2D eigenvalue weighted by molar-refractivity contribution is 5.89. The van der Waals surface area contributed by atoms with Crippen molar-refractivity contribution in [3.05, 3.63) is 34.4 Å². The van der Waals surface area contributed by atoms with Gasteiger partial charge in [0.05, 0.1) is 10.8 Å². The Balaban J connectivity index is 1.68. The van der Waals surface area contributed by atoms with Gasteiger partial charge in [0.25, 0.3) is 5.69 Å².